The monoisotopic (exact) mass is 403 g/mol. The lowest BCUT2D eigenvalue weighted by Crippen LogP contribution is -2.32. The molecular formula is C22H26ClNO4. The Kier molecular flexibility index (Phi) is 8.33. The summed E-state index contributed by atoms with van der Waals surface area (Å²) < 4.78 is 11.0. The topological polar surface area (TPSA) is 64.6 Å². The molecule has 0 aromatic heterocycles. The largest absolute Gasteiger partial charge is 0.481 e. The van der Waals surface area contributed by atoms with Crippen molar-refractivity contribution >= 4 is 29.2 Å². The van der Waals surface area contributed by atoms with Crippen LogP contribution >= 0.6 is 11.6 Å². The molecule has 0 fully saturated rings. The molecule has 0 saturated carbocycles. The Morgan fingerprint density at radius 3 is 2.43 bits per heavy atom. The van der Waals surface area contributed by atoms with Crippen LogP contribution in [0.5, 0.6) is 5.75 Å². The minimum atomic E-state index is -0.640. The lowest BCUT2D eigenvalue weighted by molar-refractivity contribution is -0.122. The van der Waals surface area contributed by atoms with E-state index in [1.165, 1.54) is 0 Å². The van der Waals surface area contributed by atoms with Crippen molar-refractivity contribution < 1.29 is 19.1 Å². The molecule has 2 rings (SSSR count). The van der Waals surface area contributed by atoms with Crippen molar-refractivity contribution in [3.05, 3.63) is 58.6 Å². The normalized spacial score (nSPS) is 11.6. The molecular weight excluding hydrogens is 378 g/mol. The number of nitrogens with one attached hydrogen (secondary N) is 1. The molecule has 2 aromatic carbocycles. The van der Waals surface area contributed by atoms with Crippen molar-refractivity contribution in [1.29, 1.82) is 0 Å². The fraction of sp³-hybridized carbons (Fsp3) is 0.364. The second-order valence-corrected chi connectivity index (χ2v) is 6.89. The molecule has 6 heteroatoms. The molecule has 0 saturated heterocycles. The van der Waals surface area contributed by atoms with Gasteiger partial charge in [-0.25, -0.2) is 4.79 Å². The van der Waals surface area contributed by atoms with E-state index in [1.807, 2.05) is 20.8 Å². The second-order valence-electron chi connectivity index (χ2n) is 6.48. The Labute approximate surface area is 171 Å². The minimum absolute atomic E-state index is 0.256. The molecule has 2 aromatic rings. The lowest BCUT2D eigenvalue weighted by Gasteiger charge is -2.18. The molecule has 0 heterocycles. The van der Waals surface area contributed by atoms with E-state index in [9.17, 15) is 9.59 Å². The first-order chi connectivity index (χ1) is 13.4. The van der Waals surface area contributed by atoms with Gasteiger partial charge in [0, 0.05) is 10.7 Å². The van der Waals surface area contributed by atoms with E-state index in [4.69, 9.17) is 21.1 Å². The molecule has 5 nitrogen and oxygen atoms in total. The number of rotatable bonds is 9. The van der Waals surface area contributed by atoms with E-state index in [0.29, 0.717) is 35.1 Å². The van der Waals surface area contributed by atoms with Gasteiger partial charge in [0.15, 0.2) is 6.10 Å². The molecule has 0 radical (unpaired) electrons. The standard InChI is InChI=1S/C22H26ClNO4/c1-4-6-13-27-22(26)16-7-9-17(10-8-16)24-21(25)20(5-2)28-18-11-12-19(23)15(3)14-18/h7-12,14,20H,4-6,13H2,1-3H3,(H,24,25)/t20-/m0/s1. The van der Waals surface area contributed by atoms with Gasteiger partial charge in [-0.3, -0.25) is 4.79 Å². The highest BCUT2D eigenvalue weighted by Crippen LogP contribution is 2.23. The molecule has 0 aliphatic carbocycles. The molecule has 150 valence electrons. The fourth-order valence-electron chi connectivity index (χ4n) is 2.48. The summed E-state index contributed by atoms with van der Waals surface area (Å²) in [4.78, 5) is 24.5. The van der Waals surface area contributed by atoms with Crippen LogP contribution < -0.4 is 10.1 Å². The molecule has 0 aliphatic heterocycles. The van der Waals surface area contributed by atoms with Gasteiger partial charge in [-0.15, -0.1) is 0 Å². The van der Waals surface area contributed by atoms with Crippen LogP contribution in [0.1, 0.15) is 49.0 Å². The van der Waals surface area contributed by atoms with Crippen LogP contribution in [-0.2, 0) is 9.53 Å². The predicted octanol–water partition coefficient (Wildman–Crippen LogP) is 5.40. The smallest absolute Gasteiger partial charge is 0.338 e. The van der Waals surface area contributed by atoms with Gasteiger partial charge >= 0.3 is 5.97 Å². The number of benzene rings is 2. The van der Waals surface area contributed by atoms with Crippen LogP contribution in [0.2, 0.25) is 5.02 Å². The summed E-state index contributed by atoms with van der Waals surface area (Å²) in [6.45, 7) is 6.20. The van der Waals surface area contributed by atoms with Crippen molar-refractivity contribution in [3.8, 4) is 5.75 Å². The maximum absolute atomic E-state index is 12.5. The predicted molar refractivity (Wildman–Crippen MR) is 111 cm³/mol. The zero-order valence-corrected chi connectivity index (χ0v) is 17.2. The van der Waals surface area contributed by atoms with Crippen molar-refractivity contribution in [3.63, 3.8) is 0 Å². The van der Waals surface area contributed by atoms with E-state index in [1.54, 1.807) is 42.5 Å². The number of amides is 1. The van der Waals surface area contributed by atoms with Gasteiger partial charge in [-0.1, -0.05) is 31.9 Å². The molecule has 28 heavy (non-hydrogen) atoms. The van der Waals surface area contributed by atoms with Gasteiger partial charge in [0.2, 0.25) is 0 Å². The Morgan fingerprint density at radius 1 is 1.11 bits per heavy atom. The number of aryl methyl sites for hydroxylation is 1. The Bertz CT molecular complexity index is 805. The number of hydrogen-bond acceptors (Lipinski definition) is 4. The maximum atomic E-state index is 12.5. The third kappa shape index (κ3) is 6.27. The maximum Gasteiger partial charge on any atom is 0.338 e. The fourth-order valence-corrected chi connectivity index (χ4v) is 2.60. The molecule has 0 aliphatic rings. The summed E-state index contributed by atoms with van der Waals surface area (Å²) in [5.41, 5.74) is 1.93. The van der Waals surface area contributed by atoms with Gasteiger partial charge < -0.3 is 14.8 Å². The van der Waals surface area contributed by atoms with E-state index < -0.39 is 6.10 Å². The van der Waals surface area contributed by atoms with Gasteiger partial charge in [0.1, 0.15) is 5.75 Å². The van der Waals surface area contributed by atoms with Crippen molar-refractivity contribution in [2.45, 2.75) is 46.1 Å². The first-order valence-electron chi connectivity index (χ1n) is 9.45. The highest BCUT2D eigenvalue weighted by molar-refractivity contribution is 6.31. The molecule has 0 spiro atoms. The highest BCUT2D eigenvalue weighted by Gasteiger charge is 2.19. The quantitative estimate of drug-likeness (QED) is 0.449. The van der Waals surface area contributed by atoms with Crippen LogP contribution in [-0.4, -0.2) is 24.6 Å². The average molecular weight is 404 g/mol. The first kappa shape index (κ1) is 21.8. The Hall–Kier alpha value is -2.53. The zero-order valence-electron chi connectivity index (χ0n) is 16.5. The summed E-state index contributed by atoms with van der Waals surface area (Å²) in [5.74, 6) is -0.0262. The van der Waals surface area contributed by atoms with Crippen LogP contribution in [0.25, 0.3) is 0 Å². The minimum Gasteiger partial charge on any atom is -0.481 e. The zero-order chi connectivity index (χ0) is 20.5. The number of hydrogen-bond donors (Lipinski definition) is 1. The Morgan fingerprint density at radius 2 is 1.82 bits per heavy atom. The third-order valence-electron chi connectivity index (χ3n) is 4.19. The SMILES string of the molecule is CCCCOC(=O)c1ccc(NC(=O)[C@H](CC)Oc2ccc(Cl)c(C)c2)cc1. The van der Waals surface area contributed by atoms with Gasteiger partial charge in [0.25, 0.3) is 5.91 Å². The van der Waals surface area contributed by atoms with Gasteiger partial charge in [0.05, 0.1) is 12.2 Å². The van der Waals surface area contributed by atoms with Gasteiger partial charge in [-0.05, 0) is 67.8 Å². The van der Waals surface area contributed by atoms with Gasteiger partial charge in [-0.2, -0.15) is 0 Å². The van der Waals surface area contributed by atoms with Crippen molar-refractivity contribution in [1.82, 2.24) is 0 Å². The number of unbranched alkanes of at least 4 members (excludes halogenated alkanes) is 1. The lowest BCUT2D eigenvalue weighted by atomic mass is 10.2. The Balaban J connectivity index is 1.96. The number of halogens is 1. The molecule has 1 amide bonds. The first-order valence-corrected chi connectivity index (χ1v) is 9.83. The van der Waals surface area contributed by atoms with E-state index >= 15 is 0 Å². The molecule has 0 unspecified atom stereocenters. The highest BCUT2D eigenvalue weighted by atomic mass is 35.5. The summed E-state index contributed by atoms with van der Waals surface area (Å²) in [6, 6.07) is 11.9. The van der Waals surface area contributed by atoms with E-state index in [2.05, 4.69) is 5.32 Å². The van der Waals surface area contributed by atoms with Crippen LogP contribution in [0.4, 0.5) is 5.69 Å². The summed E-state index contributed by atoms with van der Waals surface area (Å²) in [5, 5.41) is 3.47. The second kappa shape index (κ2) is 10.7. The van der Waals surface area contributed by atoms with Crippen LogP contribution in [0.3, 0.4) is 0 Å². The number of carbonyl (C=O) groups is 2. The molecule has 1 N–H and O–H groups in total. The van der Waals surface area contributed by atoms with Crippen molar-refractivity contribution in [2.75, 3.05) is 11.9 Å². The van der Waals surface area contributed by atoms with Crippen LogP contribution in [0, 0.1) is 6.92 Å². The average Bonchev–Trinajstić information content (AvgIpc) is 2.69. The summed E-state index contributed by atoms with van der Waals surface area (Å²) in [6.07, 6.45) is 1.68. The number of anilines is 1. The molecule has 1 atom stereocenters. The number of esters is 1. The number of carbonyl (C=O) groups excluding carboxylic acids is 2. The summed E-state index contributed by atoms with van der Waals surface area (Å²) in [7, 11) is 0. The third-order valence-corrected chi connectivity index (χ3v) is 4.61. The van der Waals surface area contributed by atoms with E-state index in [0.717, 1.165) is 18.4 Å². The van der Waals surface area contributed by atoms with Crippen molar-refractivity contribution in [2.24, 2.45) is 0 Å². The summed E-state index contributed by atoms with van der Waals surface area (Å²) >= 11 is 6.02. The number of ether oxygens (including phenoxy) is 2. The van der Waals surface area contributed by atoms with E-state index in [-0.39, 0.29) is 11.9 Å². The molecule has 0 bridgehead atoms. The van der Waals surface area contributed by atoms with Crippen LogP contribution in [0.15, 0.2) is 42.5 Å².